The molecule has 2 aromatic rings. The number of anilines is 1. The van der Waals surface area contributed by atoms with Gasteiger partial charge in [0.25, 0.3) is 5.69 Å². The van der Waals surface area contributed by atoms with Gasteiger partial charge < -0.3 is 10.6 Å². The van der Waals surface area contributed by atoms with Crippen LogP contribution in [0.3, 0.4) is 0 Å². The zero-order valence-corrected chi connectivity index (χ0v) is 11.8. The molecule has 6 nitrogen and oxygen atoms in total. The first kappa shape index (κ1) is 14.1. The molecule has 0 aromatic heterocycles. The number of urea groups is 1. The number of carbonyl (C=O) groups excluding carboxylic acids is 1. The number of amides is 2. The Balaban J connectivity index is 1.62. The van der Waals surface area contributed by atoms with E-state index in [1.807, 2.05) is 18.2 Å². The van der Waals surface area contributed by atoms with Crippen LogP contribution in [0.4, 0.5) is 16.2 Å². The van der Waals surface area contributed by atoms with Crippen LogP contribution in [0.5, 0.6) is 0 Å². The third-order valence-electron chi connectivity index (χ3n) is 3.77. The van der Waals surface area contributed by atoms with Gasteiger partial charge in [-0.05, 0) is 36.1 Å². The van der Waals surface area contributed by atoms with Crippen LogP contribution in [0.25, 0.3) is 0 Å². The summed E-state index contributed by atoms with van der Waals surface area (Å²) >= 11 is 0. The molecule has 1 atom stereocenters. The maximum Gasteiger partial charge on any atom is 0.319 e. The Morgan fingerprint density at radius 2 is 1.86 bits per heavy atom. The van der Waals surface area contributed by atoms with Crippen molar-refractivity contribution < 1.29 is 9.72 Å². The lowest BCUT2D eigenvalue weighted by atomic mass is 10.1. The molecule has 0 aliphatic heterocycles. The van der Waals surface area contributed by atoms with E-state index >= 15 is 0 Å². The lowest BCUT2D eigenvalue weighted by Crippen LogP contribution is -2.31. The molecule has 0 unspecified atom stereocenters. The average molecular weight is 297 g/mol. The van der Waals surface area contributed by atoms with Gasteiger partial charge in [0.15, 0.2) is 0 Å². The fraction of sp³-hybridized carbons (Fsp3) is 0.188. The van der Waals surface area contributed by atoms with Gasteiger partial charge in [-0.15, -0.1) is 0 Å². The highest BCUT2D eigenvalue weighted by atomic mass is 16.6. The van der Waals surface area contributed by atoms with Crippen molar-refractivity contribution in [1.29, 1.82) is 0 Å². The molecule has 22 heavy (non-hydrogen) atoms. The molecule has 2 N–H and O–H groups in total. The highest BCUT2D eigenvalue weighted by molar-refractivity contribution is 5.89. The third-order valence-corrected chi connectivity index (χ3v) is 3.77. The molecular weight excluding hydrogens is 282 g/mol. The maximum atomic E-state index is 12.0. The number of nitrogens with one attached hydrogen (secondary N) is 2. The number of non-ortho nitro benzene ring substituents is 1. The quantitative estimate of drug-likeness (QED) is 0.672. The van der Waals surface area contributed by atoms with Gasteiger partial charge in [-0.25, -0.2) is 4.79 Å². The minimum Gasteiger partial charge on any atom is -0.331 e. The first-order valence-electron chi connectivity index (χ1n) is 7.03. The summed E-state index contributed by atoms with van der Waals surface area (Å²) in [5, 5.41) is 16.2. The fourth-order valence-corrected chi connectivity index (χ4v) is 2.70. The SMILES string of the molecule is O=C(Nc1ccc([N+](=O)[O-])cc1)N[C@@H]1CCc2ccccc21. The van der Waals surface area contributed by atoms with Gasteiger partial charge in [0, 0.05) is 17.8 Å². The third kappa shape index (κ3) is 2.90. The van der Waals surface area contributed by atoms with E-state index in [4.69, 9.17) is 0 Å². The number of nitrogens with zero attached hydrogens (tertiary/aromatic N) is 1. The van der Waals surface area contributed by atoms with Crippen LogP contribution in [0.1, 0.15) is 23.6 Å². The van der Waals surface area contributed by atoms with Crippen LogP contribution in [-0.4, -0.2) is 11.0 Å². The monoisotopic (exact) mass is 297 g/mol. The maximum absolute atomic E-state index is 12.0. The molecule has 112 valence electrons. The molecule has 0 fully saturated rings. The average Bonchev–Trinajstić information content (AvgIpc) is 2.91. The zero-order valence-electron chi connectivity index (χ0n) is 11.8. The molecule has 1 aliphatic rings. The molecule has 6 heteroatoms. The standard InChI is InChI=1S/C16H15N3O3/c20-16(17-12-6-8-13(9-7-12)19(21)22)18-15-10-5-11-3-1-2-4-14(11)15/h1-4,6-9,15H,5,10H2,(H2,17,18,20)/t15-/m1/s1. The van der Waals surface area contributed by atoms with E-state index in [0.717, 1.165) is 18.4 Å². The number of hydrogen-bond acceptors (Lipinski definition) is 3. The predicted octanol–water partition coefficient (Wildman–Crippen LogP) is 3.40. The Labute approximate surface area is 127 Å². The van der Waals surface area contributed by atoms with Gasteiger partial charge in [-0.2, -0.15) is 0 Å². The van der Waals surface area contributed by atoms with Crippen LogP contribution in [0.2, 0.25) is 0 Å². The molecule has 3 rings (SSSR count). The van der Waals surface area contributed by atoms with E-state index in [0.29, 0.717) is 5.69 Å². The molecule has 0 heterocycles. The normalized spacial score (nSPS) is 15.9. The number of aryl methyl sites for hydroxylation is 1. The molecule has 0 saturated heterocycles. The second-order valence-corrected chi connectivity index (χ2v) is 5.19. The van der Waals surface area contributed by atoms with Crippen LogP contribution in [0, 0.1) is 10.1 Å². The van der Waals surface area contributed by atoms with E-state index in [-0.39, 0.29) is 17.8 Å². The lowest BCUT2D eigenvalue weighted by Gasteiger charge is -2.14. The van der Waals surface area contributed by atoms with Gasteiger partial charge in [-0.3, -0.25) is 10.1 Å². The Morgan fingerprint density at radius 1 is 1.14 bits per heavy atom. The Bertz CT molecular complexity index is 713. The van der Waals surface area contributed by atoms with Gasteiger partial charge >= 0.3 is 6.03 Å². The van der Waals surface area contributed by atoms with Gasteiger partial charge in [0.05, 0.1) is 11.0 Å². The van der Waals surface area contributed by atoms with E-state index < -0.39 is 4.92 Å². The smallest absolute Gasteiger partial charge is 0.319 e. The highest BCUT2D eigenvalue weighted by Crippen LogP contribution is 2.30. The van der Waals surface area contributed by atoms with Gasteiger partial charge in [0.2, 0.25) is 0 Å². The van der Waals surface area contributed by atoms with Crippen LogP contribution < -0.4 is 10.6 Å². The van der Waals surface area contributed by atoms with Crippen molar-refractivity contribution in [2.45, 2.75) is 18.9 Å². The summed E-state index contributed by atoms with van der Waals surface area (Å²) in [5.74, 6) is 0. The van der Waals surface area contributed by atoms with E-state index in [1.165, 1.54) is 29.8 Å². The topological polar surface area (TPSA) is 84.3 Å². The van der Waals surface area contributed by atoms with Crippen molar-refractivity contribution in [2.24, 2.45) is 0 Å². The number of nitro benzene ring substituents is 1. The highest BCUT2D eigenvalue weighted by Gasteiger charge is 2.23. The van der Waals surface area contributed by atoms with Crippen molar-refractivity contribution in [3.8, 4) is 0 Å². The molecule has 1 aliphatic carbocycles. The fourth-order valence-electron chi connectivity index (χ4n) is 2.70. The van der Waals surface area contributed by atoms with Crippen molar-refractivity contribution >= 4 is 17.4 Å². The van der Waals surface area contributed by atoms with E-state index in [2.05, 4.69) is 16.7 Å². The number of hydrogen-bond donors (Lipinski definition) is 2. The first-order chi connectivity index (χ1) is 10.6. The summed E-state index contributed by atoms with van der Waals surface area (Å²) in [7, 11) is 0. The summed E-state index contributed by atoms with van der Waals surface area (Å²) in [6.45, 7) is 0. The number of nitro groups is 1. The largest absolute Gasteiger partial charge is 0.331 e. The molecule has 2 aromatic carbocycles. The number of rotatable bonds is 3. The zero-order chi connectivity index (χ0) is 15.5. The van der Waals surface area contributed by atoms with Crippen LogP contribution in [0.15, 0.2) is 48.5 Å². The second kappa shape index (κ2) is 5.85. The first-order valence-corrected chi connectivity index (χ1v) is 7.03. The van der Waals surface area contributed by atoms with E-state index in [9.17, 15) is 14.9 Å². The van der Waals surface area contributed by atoms with Crippen molar-refractivity contribution in [3.63, 3.8) is 0 Å². The second-order valence-electron chi connectivity index (χ2n) is 5.19. The molecule has 2 amide bonds. The summed E-state index contributed by atoms with van der Waals surface area (Å²) in [6.07, 6.45) is 1.84. The summed E-state index contributed by atoms with van der Waals surface area (Å²) < 4.78 is 0. The number of fused-ring (bicyclic) bond motifs is 1. The van der Waals surface area contributed by atoms with Gasteiger partial charge in [-0.1, -0.05) is 24.3 Å². The van der Waals surface area contributed by atoms with Crippen LogP contribution in [-0.2, 0) is 6.42 Å². The summed E-state index contributed by atoms with van der Waals surface area (Å²) in [5.41, 5.74) is 2.94. The van der Waals surface area contributed by atoms with Crippen LogP contribution >= 0.6 is 0 Å². The van der Waals surface area contributed by atoms with Crippen molar-refractivity contribution in [2.75, 3.05) is 5.32 Å². The summed E-state index contributed by atoms with van der Waals surface area (Å²) in [4.78, 5) is 22.2. The minimum absolute atomic E-state index is 0.00400. The van der Waals surface area contributed by atoms with Gasteiger partial charge in [0.1, 0.15) is 0 Å². The summed E-state index contributed by atoms with van der Waals surface area (Å²) in [6, 6.07) is 13.5. The number of benzene rings is 2. The Hall–Kier alpha value is -2.89. The molecule has 0 bridgehead atoms. The van der Waals surface area contributed by atoms with Crippen molar-refractivity contribution in [1.82, 2.24) is 5.32 Å². The van der Waals surface area contributed by atoms with Crippen molar-refractivity contribution in [3.05, 3.63) is 69.8 Å². The minimum atomic E-state index is -0.473. The molecular formula is C16H15N3O3. The van der Waals surface area contributed by atoms with E-state index in [1.54, 1.807) is 0 Å². The Kier molecular flexibility index (Phi) is 3.74. The lowest BCUT2D eigenvalue weighted by molar-refractivity contribution is -0.384. The molecule has 0 spiro atoms. The number of carbonyl (C=O) groups is 1. The predicted molar refractivity (Wildman–Crippen MR) is 82.8 cm³/mol. The molecule has 0 radical (unpaired) electrons. The molecule has 0 saturated carbocycles. The Morgan fingerprint density at radius 3 is 2.59 bits per heavy atom.